The monoisotopic (exact) mass is 1120 g/mol. The van der Waals surface area contributed by atoms with E-state index in [-0.39, 0.29) is 77.9 Å². The molecule has 0 radical (unpaired) electrons. The number of ether oxygens (including phenoxy) is 11. The van der Waals surface area contributed by atoms with Gasteiger partial charge in [0.25, 0.3) is 0 Å². The third-order valence-corrected chi connectivity index (χ3v) is 11.1. The van der Waals surface area contributed by atoms with Crippen LogP contribution in [0.25, 0.3) is 0 Å². The zero-order valence-corrected chi connectivity index (χ0v) is 46.3. The Balaban J connectivity index is -0.00000156. The minimum atomic E-state index is -2.39. The summed E-state index contributed by atoms with van der Waals surface area (Å²) in [5, 5.41) is 0. The van der Waals surface area contributed by atoms with Gasteiger partial charge in [0.15, 0.2) is 0 Å². The summed E-state index contributed by atoms with van der Waals surface area (Å²) in [6.07, 6.45) is 5.47. The maximum absolute atomic E-state index is 13.2. The number of esters is 11. The van der Waals surface area contributed by atoms with Gasteiger partial charge in [-0.05, 0) is 47.0 Å². The Kier molecular flexibility index (Phi) is 38.8. The Labute approximate surface area is 460 Å². The summed E-state index contributed by atoms with van der Waals surface area (Å²) in [4.78, 5) is 154. The summed E-state index contributed by atoms with van der Waals surface area (Å²) in [6.45, 7) is 31.2. The summed E-state index contributed by atoms with van der Waals surface area (Å²) in [6, 6.07) is 0. The van der Waals surface area contributed by atoms with Crippen LogP contribution in [0.15, 0.2) is 88.6 Å². The molecule has 79 heavy (non-hydrogen) atoms. The van der Waals surface area contributed by atoms with Crippen molar-refractivity contribution in [3.63, 3.8) is 0 Å². The van der Waals surface area contributed by atoms with Gasteiger partial charge in [-0.25, -0.2) is 33.6 Å². The number of hydrogen-bond donors (Lipinski definition) is 0. The molecule has 0 bridgehead atoms. The van der Waals surface area contributed by atoms with Crippen molar-refractivity contribution in [3.05, 3.63) is 88.6 Å². The quantitative estimate of drug-likeness (QED) is 0.0347. The molecule has 0 aromatic rings. The highest BCUT2D eigenvalue weighted by Gasteiger charge is 2.50. The number of rotatable bonds is 38. The predicted molar refractivity (Wildman–Crippen MR) is 279 cm³/mol. The minimum absolute atomic E-state index is 0.0802. The normalized spacial score (nSPS) is 10.6. The van der Waals surface area contributed by atoms with Gasteiger partial charge in [0.05, 0.1) is 42.3 Å². The summed E-state index contributed by atoms with van der Waals surface area (Å²) >= 11 is 0. The molecular formula is C55H76O24. The number of carbonyl (C=O) groups is 13. The molecule has 0 aliphatic rings. The number of ketones is 2. The van der Waals surface area contributed by atoms with Crippen LogP contribution in [0.1, 0.15) is 87.0 Å². The topological polar surface area (TPSA) is 323 Å². The van der Waals surface area contributed by atoms with E-state index in [2.05, 4.69) is 50.8 Å². The third-order valence-electron chi connectivity index (χ3n) is 11.1. The van der Waals surface area contributed by atoms with Gasteiger partial charge in [-0.2, -0.15) is 0 Å². The Hall–Kier alpha value is -8.31. The Morgan fingerprint density at radius 3 is 0.734 bits per heavy atom. The van der Waals surface area contributed by atoms with Gasteiger partial charge in [0, 0.05) is 42.5 Å². The molecule has 0 N–H and O–H groups in total. The van der Waals surface area contributed by atoms with Crippen LogP contribution in [0, 0.1) is 21.7 Å². The van der Waals surface area contributed by atoms with Crippen molar-refractivity contribution in [3.8, 4) is 0 Å². The lowest BCUT2D eigenvalue weighted by molar-refractivity contribution is -0.175. The molecule has 0 aromatic heterocycles. The van der Waals surface area contributed by atoms with Gasteiger partial charge in [-0.3, -0.25) is 28.8 Å². The lowest BCUT2D eigenvalue weighted by Crippen LogP contribution is -2.45. The van der Waals surface area contributed by atoms with Crippen LogP contribution in [-0.2, 0) is 114 Å². The van der Waals surface area contributed by atoms with E-state index in [9.17, 15) is 62.3 Å². The van der Waals surface area contributed by atoms with Crippen LogP contribution in [0.5, 0.6) is 0 Å². The van der Waals surface area contributed by atoms with E-state index in [4.69, 9.17) is 47.4 Å². The van der Waals surface area contributed by atoms with Crippen molar-refractivity contribution in [1.29, 1.82) is 0 Å². The second-order valence-electron chi connectivity index (χ2n) is 17.0. The molecule has 440 valence electrons. The van der Waals surface area contributed by atoms with Crippen LogP contribution >= 0.6 is 0 Å². The molecule has 0 aliphatic heterocycles. The molecular weight excluding hydrogens is 1040 g/mol. The van der Waals surface area contributed by atoms with Crippen molar-refractivity contribution in [2.45, 2.75) is 87.0 Å². The molecule has 24 heteroatoms. The highest BCUT2D eigenvalue weighted by atomic mass is 16.6. The fourth-order valence-electron chi connectivity index (χ4n) is 5.62. The summed E-state index contributed by atoms with van der Waals surface area (Å²) in [7, 11) is 0. The average Bonchev–Trinajstić information content (AvgIpc) is 3.43. The SMILES string of the molecule is C=CC(=O)OCC(CC)(COC(=O)C=C)COC(=O)C=C.C=CC(=O)OCC(CC)(COC(=O)C=C)COC(=O)CC(CC(=O)OCC(CC)(COC(=O)C=C)COC(=O)C=C)(C(C)=O)C(=O)OCC.CCOC(=O)CC(C)=O. The molecule has 0 heterocycles. The maximum Gasteiger partial charge on any atom is 0.330 e. The molecule has 0 saturated heterocycles. The van der Waals surface area contributed by atoms with Crippen molar-refractivity contribution in [2.24, 2.45) is 21.7 Å². The minimum Gasteiger partial charge on any atom is -0.466 e. The zero-order valence-electron chi connectivity index (χ0n) is 46.3. The third kappa shape index (κ3) is 31.5. The van der Waals surface area contributed by atoms with Crippen LogP contribution in [0.3, 0.4) is 0 Å². The molecule has 0 rings (SSSR count). The fourth-order valence-corrected chi connectivity index (χ4v) is 5.62. The van der Waals surface area contributed by atoms with E-state index in [1.807, 2.05) is 0 Å². The van der Waals surface area contributed by atoms with Gasteiger partial charge < -0.3 is 52.1 Å². The van der Waals surface area contributed by atoms with Crippen molar-refractivity contribution >= 4 is 77.2 Å². The first-order valence-corrected chi connectivity index (χ1v) is 24.4. The smallest absolute Gasteiger partial charge is 0.330 e. The molecule has 24 nitrogen and oxygen atoms in total. The highest BCUT2D eigenvalue weighted by Crippen LogP contribution is 2.34. The second-order valence-corrected chi connectivity index (χ2v) is 17.0. The fraction of sp³-hybridized carbons (Fsp3) is 0.509. The first-order chi connectivity index (χ1) is 37.2. The van der Waals surface area contributed by atoms with Gasteiger partial charge in [-0.1, -0.05) is 66.8 Å². The largest absolute Gasteiger partial charge is 0.466 e. The van der Waals surface area contributed by atoms with E-state index in [1.165, 1.54) is 13.8 Å². The van der Waals surface area contributed by atoms with Crippen LogP contribution in [-0.4, -0.2) is 150 Å². The molecule has 0 saturated carbocycles. The van der Waals surface area contributed by atoms with Crippen LogP contribution < -0.4 is 0 Å². The van der Waals surface area contributed by atoms with Gasteiger partial charge >= 0.3 is 65.7 Å². The molecule has 0 unspecified atom stereocenters. The van der Waals surface area contributed by atoms with Gasteiger partial charge in [0.2, 0.25) is 0 Å². The standard InChI is InChI=1S/C34H46O15.C15H20O6.C6H10O3/c1-9-25(36)44-18-32(13-5,19-45-26(37)10-2)22-48-29(40)16-34(24(8)35,31(42)43-15-7)17-30(41)49-23-33(14-6,20-46-27(38)11-3)21-47-28(39)12-4;1-5-12(16)19-9-15(8-4,10-20-13(17)6-2)11-21-14(18)7-3;1-3-9-6(8)4-5(2)7/h9-12H,1-4,13-23H2,5-8H3;5-7H,1-3,8-11H2,4H3;3-4H2,1-2H3. The molecule has 0 spiro atoms. The molecule has 0 atom stereocenters. The van der Waals surface area contributed by atoms with Gasteiger partial charge in [0.1, 0.15) is 82.9 Å². The first kappa shape index (κ1) is 74.9. The Morgan fingerprint density at radius 2 is 0.557 bits per heavy atom. The molecule has 0 fully saturated rings. The van der Waals surface area contributed by atoms with Crippen molar-refractivity contribution in [2.75, 3.05) is 72.7 Å². The van der Waals surface area contributed by atoms with E-state index in [1.54, 1.807) is 27.7 Å². The zero-order chi connectivity index (χ0) is 61.3. The number of Topliss-reactive ketones (excluding diaryl/α,β-unsaturated/α-hetero) is 2. The van der Waals surface area contributed by atoms with E-state index in [0.717, 1.165) is 49.5 Å². The predicted octanol–water partition coefficient (Wildman–Crippen LogP) is 4.80. The van der Waals surface area contributed by atoms with Crippen LogP contribution in [0.4, 0.5) is 0 Å². The van der Waals surface area contributed by atoms with Crippen LogP contribution in [0.2, 0.25) is 0 Å². The Morgan fingerprint density at radius 1 is 0.329 bits per heavy atom. The summed E-state index contributed by atoms with van der Waals surface area (Å²) in [5.74, 6) is -9.94. The lowest BCUT2D eigenvalue weighted by Gasteiger charge is -2.32. The highest BCUT2D eigenvalue weighted by molar-refractivity contribution is 6.07. The van der Waals surface area contributed by atoms with E-state index in [0.29, 0.717) is 13.0 Å². The van der Waals surface area contributed by atoms with Crippen molar-refractivity contribution in [1.82, 2.24) is 0 Å². The van der Waals surface area contributed by atoms with Crippen molar-refractivity contribution < 1.29 is 114 Å². The number of hydrogen-bond acceptors (Lipinski definition) is 24. The maximum atomic E-state index is 13.2. The van der Waals surface area contributed by atoms with Gasteiger partial charge in [-0.15, -0.1) is 0 Å². The number of carbonyl (C=O) groups excluding carboxylic acids is 13. The van der Waals surface area contributed by atoms with E-state index >= 15 is 0 Å². The van der Waals surface area contributed by atoms with E-state index < -0.39 is 119 Å². The second kappa shape index (κ2) is 40.9. The average molecular weight is 1120 g/mol. The molecule has 0 amide bonds. The lowest BCUT2D eigenvalue weighted by atomic mass is 9.77. The molecule has 0 aromatic carbocycles. The summed E-state index contributed by atoms with van der Waals surface area (Å²) in [5.41, 5.74) is -5.72. The molecule has 0 aliphatic carbocycles. The summed E-state index contributed by atoms with van der Waals surface area (Å²) < 4.78 is 55.8. The first-order valence-electron chi connectivity index (χ1n) is 24.4. The Bertz CT molecular complexity index is 2000.